The molecular formula is C36H28O8. The zero-order chi connectivity index (χ0) is 30.4. The van der Waals surface area contributed by atoms with Crippen LogP contribution in [0.5, 0.6) is 46.0 Å². The zero-order valence-electron chi connectivity index (χ0n) is 23.2. The molecule has 220 valence electrons. The lowest BCUT2D eigenvalue weighted by molar-refractivity contribution is 0.221. The van der Waals surface area contributed by atoms with Crippen LogP contribution in [0, 0.1) is 0 Å². The highest BCUT2D eigenvalue weighted by Gasteiger charge is 2.52. The fourth-order valence-corrected chi connectivity index (χ4v) is 7.92. The summed E-state index contributed by atoms with van der Waals surface area (Å²) in [6.07, 6.45) is -0.149. The first-order valence-corrected chi connectivity index (χ1v) is 14.4. The molecule has 44 heavy (non-hydrogen) atoms. The molecule has 8 rings (SSSR count). The molecule has 0 saturated heterocycles. The maximum absolute atomic E-state index is 11.6. The minimum atomic E-state index is -0.612. The molecule has 1 aliphatic heterocycles. The minimum Gasteiger partial charge on any atom is -0.508 e. The molecule has 8 heteroatoms. The average molecular weight is 589 g/mol. The highest BCUT2D eigenvalue weighted by Crippen LogP contribution is 2.67. The monoisotopic (exact) mass is 588 g/mol. The van der Waals surface area contributed by atoms with E-state index in [0.29, 0.717) is 34.4 Å². The predicted octanol–water partition coefficient (Wildman–Crippen LogP) is 6.66. The lowest BCUT2D eigenvalue weighted by Gasteiger charge is -2.28. The summed E-state index contributed by atoms with van der Waals surface area (Å²) in [7, 11) is 0. The van der Waals surface area contributed by atoms with Gasteiger partial charge in [-0.1, -0.05) is 24.3 Å². The molecule has 8 nitrogen and oxygen atoms in total. The van der Waals surface area contributed by atoms with Gasteiger partial charge in [0.2, 0.25) is 0 Å². The summed E-state index contributed by atoms with van der Waals surface area (Å²) in [6.45, 7) is 0. The largest absolute Gasteiger partial charge is 0.508 e. The Balaban J connectivity index is 1.46. The maximum Gasteiger partial charge on any atom is 0.135 e. The van der Waals surface area contributed by atoms with E-state index in [2.05, 4.69) is 0 Å². The summed E-state index contributed by atoms with van der Waals surface area (Å²) >= 11 is 0. The first-order chi connectivity index (χ1) is 21.2. The van der Waals surface area contributed by atoms with Crippen molar-refractivity contribution in [3.05, 3.63) is 129 Å². The summed E-state index contributed by atoms with van der Waals surface area (Å²) in [5.41, 5.74) is 5.83. The van der Waals surface area contributed by atoms with E-state index in [9.17, 15) is 35.7 Å². The van der Waals surface area contributed by atoms with Crippen LogP contribution in [0.1, 0.15) is 80.7 Å². The van der Waals surface area contributed by atoms with Crippen LogP contribution >= 0.6 is 0 Å². The van der Waals surface area contributed by atoms with Gasteiger partial charge in [-0.05, 0) is 82.6 Å². The van der Waals surface area contributed by atoms with E-state index < -0.39 is 23.9 Å². The van der Waals surface area contributed by atoms with Crippen LogP contribution in [0.25, 0.3) is 0 Å². The fraction of sp³-hybridized carbons (Fsp3) is 0.167. The second-order valence-electron chi connectivity index (χ2n) is 12.0. The van der Waals surface area contributed by atoms with E-state index in [1.807, 2.05) is 12.1 Å². The maximum atomic E-state index is 11.6. The molecule has 2 aliphatic carbocycles. The van der Waals surface area contributed by atoms with Crippen molar-refractivity contribution in [2.24, 2.45) is 0 Å². The molecule has 5 aromatic rings. The number of phenolic OH excluding ortho intramolecular Hbond substituents is 7. The Morgan fingerprint density at radius 2 is 1.07 bits per heavy atom. The number of hydrogen-bond acceptors (Lipinski definition) is 8. The molecule has 0 bridgehead atoms. The van der Waals surface area contributed by atoms with Gasteiger partial charge in [0.05, 0.1) is 5.92 Å². The van der Waals surface area contributed by atoms with Crippen LogP contribution in [0.3, 0.4) is 0 Å². The molecule has 0 aromatic heterocycles. The summed E-state index contributed by atoms with van der Waals surface area (Å²) in [5, 5.41) is 74.9. The van der Waals surface area contributed by atoms with Crippen LogP contribution in [-0.4, -0.2) is 35.7 Å². The smallest absolute Gasteiger partial charge is 0.135 e. The SMILES string of the molecule is Oc1ccc([C@@H]2c3c(O)cc(O)cc3[C@@H]3c4c(cc(O)c5c4[C@@H]2C[C@@H]5c2cc(O)cc(O)c2)O[C@@H]3c2ccc(O)cc2)cc1. The fourth-order valence-electron chi connectivity index (χ4n) is 7.92. The van der Waals surface area contributed by atoms with Crippen molar-refractivity contribution >= 4 is 0 Å². The molecule has 0 spiro atoms. The Kier molecular flexibility index (Phi) is 5.50. The van der Waals surface area contributed by atoms with Crippen molar-refractivity contribution in [3.63, 3.8) is 0 Å². The Bertz CT molecular complexity index is 1940. The van der Waals surface area contributed by atoms with Crippen molar-refractivity contribution in [1.29, 1.82) is 0 Å². The van der Waals surface area contributed by atoms with Crippen LogP contribution in [-0.2, 0) is 0 Å². The van der Waals surface area contributed by atoms with Crippen molar-refractivity contribution in [2.45, 2.75) is 36.2 Å². The van der Waals surface area contributed by atoms with Crippen molar-refractivity contribution in [2.75, 3.05) is 0 Å². The molecular weight excluding hydrogens is 560 g/mol. The van der Waals surface area contributed by atoms with Crippen LogP contribution in [0.2, 0.25) is 0 Å². The van der Waals surface area contributed by atoms with Crippen molar-refractivity contribution < 1.29 is 40.5 Å². The van der Waals surface area contributed by atoms with E-state index >= 15 is 0 Å². The van der Waals surface area contributed by atoms with Gasteiger partial charge in [-0.15, -0.1) is 0 Å². The van der Waals surface area contributed by atoms with Gasteiger partial charge in [0, 0.05) is 46.7 Å². The van der Waals surface area contributed by atoms with Crippen LogP contribution in [0.4, 0.5) is 0 Å². The second-order valence-corrected chi connectivity index (χ2v) is 12.0. The Morgan fingerprint density at radius 1 is 0.477 bits per heavy atom. The predicted molar refractivity (Wildman–Crippen MR) is 160 cm³/mol. The number of rotatable bonds is 3. The Labute approximate surface area is 252 Å². The highest BCUT2D eigenvalue weighted by molar-refractivity contribution is 5.70. The topological polar surface area (TPSA) is 151 Å². The molecule has 0 unspecified atom stereocenters. The summed E-state index contributed by atoms with van der Waals surface area (Å²) in [5.74, 6) is -1.38. The quantitative estimate of drug-likeness (QED) is 0.124. The molecule has 0 amide bonds. The summed E-state index contributed by atoms with van der Waals surface area (Å²) < 4.78 is 6.58. The van der Waals surface area contributed by atoms with Crippen LogP contribution < -0.4 is 4.74 Å². The number of hydrogen-bond donors (Lipinski definition) is 7. The number of ether oxygens (including phenoxy) is 1. The van der Waals surface area contributed by atoms with E-state index in [1.54, 1.807) is 60.7 Å². The van der Waals surface area contributed by atoms with Gasteiger partial charge >= 0.3 is 0 Å². The van der Waals surface area contributed by atoms with E-state index in [4.69, 9.17) is 4.74 Å². The molecule has 0 saturated carbocycles. The third-order valence-corrected chi connectivity index (χ3v) is 9.49. The molecule has 5 aromatic carbocycles. The van der Waals surface area contributed by atoms with Crippen molar-refractivity contribution in [3.8, 4) is 46.0 Å². The molecule has 7 N–H and O–H groups in total. The highest BCUT2D eigenvalue weighted by atomic mass is 16.5. The van der Waals surface area contributed by atoms with E-state index in [-0.39, 0.29) is 46.2 Å². The van der Waals surface area contributed by atoms with Crippen LogP contribution in [0.15, 0.2) is 84.9 Å². The molecule has 3 aliphatic rings. The Hall–Kier alpha value is -5.50. The molecule has 0 fully saturated rings. The number of benzene rings is 5. The summed E-state index contributed by atoms with van der Waals surface area (Å²) in [6, 6.07) is 22.5. The van der Waals surface area contributed by atoms with Gasteiger partial charge in [-0.25, -0.2) is 0 Å². The lowest BCUT2D eigenvalue weighted by Crippen LogP contribution is -2.15. The first kappa shape index (κ1) is 26.2. The van der Waals surface area contributed by atoms with Gasteiger partial charge in [0.1, 0.15) is 52.1 Å². The first-order valence-electron chi connectivity index (χ1n) is 14.4. The molecule has 1 heterocycles. The molecule has 5 atom stereocenters. The number of phenols is 7. The van der Waals surface area contributed by atoms with Gasteiger partial charge in [0.25, 0.3) is 0 Å². The lowest BCUT2D eigenvalue weighted by atomic mass is 9.76. The Morgan fingerprint density at radius 3 is 1.73 bits per heavy atom. The third-order valence-electron chi connectivity index (χ3n) is 9.49. The van der Waals surface area contributed by atoms with Gasteiger partial charge in [0.15, 0.2) is 0 Å². The van der Waals surface area contributed by atoms with E-state index in [0.717, 1.165) is 22.3 Å². The van der Waals surface area contributed by atoms with Gasteiger partial charge in [-0.3, -0.25) is 0 Å². The number of aromatic hydroxyl groups is 7. The second kappa shape index (κ2) is 9.25. The van der Waals surface area contributed by atoms with Gasteiger partial charge < -0.3 is 40.5 Å². The minimum absolute atomic E-state index is 0.0154. The molecule has 0 radical (unpaired) electrons. The zero-order valence-corrected chi connectivity index (χ0v) is 23.2. The van der Waals surface area contributed by atoms with E-state index in [1.165, 1.54) is 12.1 Å². The van der Waals surface area contributed by atoms with Crippen molar-refractivity contribution in [1.82, 2.24) is 0 Å². The summed E-state index contributed by atoms with van der Waals surface area (Å²) in [4.78, 5) is 0. The standard InChI is InChI=1S/C36H28O8/c37-19-5-1-16(2-6-19)30-26-14-24(18-9-21(39)11-22(40)10-18)31-28(43)15-29-35(33(26)31)34(25-12-23(41)13-27(42)32(25)30)36(44-29)17-3-7-20(38)8-4-17/h1-13,15,24,26,30,34,36-43H,14H2/t24-,26-,30+,34-,36-/m1/s1. The average Bonchev–Trinajstić information content (AvgIpc) is 3.51. The normalized spacial score (nSPS) is 22.6. The third kappa shape index (κ3) is 3.77. The van der Waals surface area contributed by atoms with Gasteiger partial charge in [-0.2, -0.15) is 0 Å². The number of fused-ring (bicyclic) bond motifs is 2.